The van der Waals surface area contributed by atoms with Gasteiger partial charge in [0.25, 0.3) is 0 Å². The van der Waals surface area contributed by atoms with Crippen molar-refractivity contribution in [1.82, 2.24) is 20.1 Å². The largest absolute Gasteiger partial charge is 0.349 e. The van der Waals surface area contributed by atoms with Gasteiger partial charge in [0.15, 0.2) is 5.16 Å². The number of carbonyl (C=O) groups is 1. The van der Waals surface area contributed by atoms with Crippen molar-refractivity contribution in [3.8, 4) is 0 Å². The third-order valence-corrected chi connectivity index (χ3v) is 5.71. The van der Waals surface area contributed by atoms with E-state index in [1.54, 1.807) is 0 Å². The Kier molecular flexibility index (Phi) is 5.61. The van der Waals surface area contributed by atoms with Crippen LogP contribution in [0.2, 0.25) is 0 Å². The molecule has 1 amide bonds. The second-order valence-electron chi connectivity index (χ2n) is 6.04. The minimum Gasteiger partial charge on any atom is -0.349 e. The first-order valence-corrected chi connectivity index (χ1v) is 9.93. The summed E-state index contributed by atoms with van der Waals surface area (Å²) in [5.41, 5.74) is 1.12. The van der Waals surface area contributed by atoms with E-state index in [2.05, 4.69) is 38.4 Å². The van der Waals surface area contributed by atoms with E-state index in [9.17, 15) is 4.79 Å². The van der Waals surface area contributed by atoms with Crippen molar-refractivity contribution < 1.29 is 4.79 Å². The molecular formula is C17H21BrN4OS. The Morgan fingerprint density at radius 3 is 2.71 bits per heavy atom. The molecule has 1 atom stereocenters. The zero-order chi connectivity index (χ0) is 17.1. The number of carbonyl (C=O) groups excluding carboxylic acids is 1. The molecule has 0 bridgehead atoms. The Morgan fingerprint density at radius 2 is 2.08 bits per heavy atom. The van der Waals surface area contributed by atoms with Gasteiger partial charge in [-0.25, -0.2) is 0 Å². The zero-order valence-electron chi connectivity index (χ0n) is 13.8. The molecular weight excluding hydrogens is 388 g/mol. The molecule has 0 radical (unpaired) electrons. The van der Waals surface area contributed by atoms with Crippen LogP contribution in [0.5, 0.6) is 0 Å². The highest BCUT2D eigenvalue weighted by Crippen LogP contribution is 2.39. The maximum atomic E-state index is 12.3. The van der Waals surface area contributed by atoms with Crippen LogP contribution >= 0.6 is 27.7 Å². The van der Waals surface area contributed by atoms with E-state index in [4.69, 9.17) is 0 Å². The predicted molar refractivity (Wildman–Crippen MR) is 99.0 cm³/mol. The van der Waals surface area contributed by atoms with Gasteiger partial charge >= 0.3 is 0 Å². The Morgan fingerprint density at radius 1 is 1.38 bits per heavy atom. The molecule has 1 N–H and O–H groups in total. The molecule has 1 fully saturated rings. The van der Waals surface area contributed by atoms with E-state index < -0.39 is 0 Å². The van der Waals surface area contributed by atoms with Gasteiger partial charge in [0.2, 0.25) is 5.91 Å². The van der Waals surface area contributed by atoms with Gasteiger partial charge in [-0.15, -0.1) is 10.2 Å². The molecule has 0 unspecified atom stereocenters. The van der Waals surface area contributed by atoms with Crippen LogP contribution in [0.4, 0.5) is 0 Å². The smallest absolute Gasteiger partial charge is 0.230 e. The van der Waals surface area contributed by atoms with Crippen molar-refractivity contribution >= 4 is 33.6 Å². The first-order valence-electron chi connectivity index (χ1n) is 8.15. The highest BCUT2D eigenvalue weighted by atomic mass is 79.9. The number of nitrogens with one attached hydrogen (secondary N) is 1. The van der Waals surface area contributed by atoms with Gasteiger partial charge < -0.3 is 9.88 Å². The lowest BCUT2D eigenvalue weighted by Gasteiger charge is -2.17. The van der Waals surface area contributed by atoms with Crippen molar-refractivity contribution in [3.63, 3.8) is 0 Å². The molecule has 7 heteroatoms. The van der Waals surface area contributed by atoms with Crippen LogP contribution in [0.1, 0.15) is 49.5 Å². The molecule has 3 rings (SSSR count). The molecule has 2 aromatic rings. The average molecular weight is 409 g/mol. The van der Waals surface area contributed by atoms with Crippen LogP contribution in [0.15, 0.2) is 33.9 Å². The minimum absolute atomic E-state index is 0.0192. The lowest BCUT2D eigenvalue weighted by atomic mass is 10.0. The zero-order valence-corrected chi connectivity index (χ0v) is 16.2. The Labute approximate surface area is 154 Å². The van der Waals surface area contributed by atoms with Crippen LogP contribution in [0.25, 0.3) is 0 Å². The fraction of sp³-hybridized carbons (Fsp3) is 0.471. The number of hydrogen-bond donors (Lipinski definition) is 1. The number of benzene rings is 1. The minimum atomic E-state index is 0.0192. The standard InChI is InChI=1S/C17H21BrN4OS/c1-3-14(11-6-8-13(18)9-7-11)19-15(23)10-24-17-21-20-16(22(17)2)12-4-5-12/h6-9,12,14H,3-5,10H2,1-2H3,(H,19,23)/t14-/m0/s1. The lowest BCUT2D eigenvalue weighted by Crippen LogP contribution is -2.29. The molecule has 5 nitrogen and oxygen atoms in total. The van der Waals surface area contributed by atoms with Crippen molar-refractivity contribution in [1.29, 1.82) is 0 Å². The average Bonchev–Trinajstić information content (AvgIpc) is 3.35. The molecule has 1 aliphatic carbocycles. The van der Waals surface area contributed by atoms with E-state index in [0.29, 0.717) is 11.7 Å². The lowest BCUT2D eigenvalue weighted by molar-refractivity contribution is -0.119. The normalized spacial score (nSPS) is 15.3. The van der Waals surface area contributed by atoms with Crippen LogP contribution in [0, 0.1) is 0 Å². The number of nitrogens with zero attached hydrogens (tertiary/aromatic N) is 3. The molecule has 1 aromatic heterocycles. The summed E-state index contributed by atoms with van der Waals surface area (Å²) in [7, 11) is 1.98. The number of halogens is 1. The number of rotatable bonds is 7. The molecule has 128 valence electrons. The van der Waals surface area contributed by atoms with E-state index >= 15 is 0 Å². The summed E-state index contributed by atoms with van der Waals surface area (Å²) in [6, 6.07) is 8.11. The van der Waals surface area contributed by atoms with Crippen molar-refractivity contribution in [3.05, 3.63) is 40.1 Å². The van der Waals surface area contributed by atoms with E-state index in [-0.39, 0.29) is 11.9 Å². The predicted octanol–water partition coefficient (Wildman–Crippen LogP) is 3.81. The molecule has 24 heavy (non-hydrogen) atoms. The first kappa shape index (κ1) is 17.5. The summed E-state index contributed by atoms with van der Waals surface area (Å²) in [5, 5.41) is 12.4. The summed E-state index contributed by atoms with van der Waals surface area (Å²) in [6.07, 6.45) is 3.25. The highest BCUT2D eigenvalue weighted by Gasteiger charge is 2.29. The molecule has 0 aliphatic heterocycles. The van der Waals surface area contributed by atoms with Gasteiger partial charge in [0, 0.05) is 17.4 Å². The highest BCUT2D eigenvalue weighted by molar-refractivity contribution is 9.10. The van der Waals surface area contributed by atoms with Gasteiger partial charge in [0.1, 0.15) is 5.82 Å². The van der Waals surface area contributed by atoms with E-state index in [0.717, 1.165) is 27.4 Å². The van der Waals surface area contributed by atoms with Gasteiger partial charge in [-0.05, 0) is 37.0 Å². The molecule has 0 saturated heterocycles. The van der Waals surface area contributed by atoms with Crippen LogP contribution in [-0.4, -0.2) is 26.4 Å². The topological polar surface area (TPSA) is 59.8 Å². The number of hydrogen-bond acceptors (Lipinski definition) is 4. The molecule has 0 spiro atoms. The third-order valence-electron chi connectivity index (χ3n) is 4.16. The number of aromatic nitrogens is 3. The van der Waals surface area contributed by atoms with E-state index in [1.807, 2.05) is 35.9 Å². The summed E-state index contributed by atoms with van der Waals surface area (Å²) in [6.45, 7) is 2.07. The Balaban J connectivity index is 1.55. The maximum Gasteiger partial charge on any atom is 0.230 e. The second-order valence-corrected chi connectivity index (χ2v) is 7.90. The van der Waals surface area contributed by atoms with Gasteiger partial charge in [-0.1, -0.05) is 46.7 Å². The third kappa shape index (κ3) is 4.19. The molecule has 1 saturated carbocycles. The fourth-order valence-corrected chi connectivity index (χ4v) is 3.62. The Bertz CT molecular complexity index is 712. The second kappa shape index (κ2) is 7.70. The fourth-order valence-electron chi connectivity index (χ4n) is 2.63. The van der Waals surface area contributed by atoms with Crippen LogP contribution in [-0.2, 0) is 11.8 Å². The number of thioether (sulfide) groups is 1. The van der Waals surface area contributed by atoms with Crippen LogP contribution < -0.4 is 5.32 Å². The monoisotopic (exact) mass is 408 g/mol. The van der Waals surface area contributed by atoms with Crippen molar-refractivity contribution in [2.24, 2.45) is 7.05 Å². The van der Waals surface area contributed by atoms with Gasteiger partial charge in [0.05, 0.1) is 11.8 Å². The van der Waals surface area contributed by atoms with E-state index in [1.165, 1.54) is 24.6 Å². The summed E-state index contributed by atoms with van der Waals surface area (Å²) < 4.78 is 3.05. The van der Waals surface area contributed by atoms with Crippen LogP contribution in [0.3, 0.4) is 0 Å². The first-order chi connectivity index (χ1) is 11.6. The quantitative estimate of drug-likeness (QED) is 0.707. The molecule has 1 aliphatic rings. The van der Waals surface area contributed by atoms with Crippen molar-refractivity contribution in [2.45, 2.75) is 43.3 Å². The van der Waals surface area contributed by atoms with Gasteiger partial charge in [-0.2, -0.15) is 0 Å². The summed E-state index contributed by atoms with van der Waals surface area (Å²) >= 11 is 4.88. The molecule has 1 aromatic carbocycles. The SMILES string of the molecule is CC[C@H](NC(=O)CSc1nnc(C2CC2)n1C)c1ccc(Br)cc1. The summed E-state index contributed by atoms with van der Waals surface area (Å²) in [4.78, 5) is 12.3. The maximum absolute atomic E-state index is 12.3. The van der Waals surface area contributed by atoms with Crippen molar-refractivity contribution in [2.75, 3.05) is 5.75 Å². The number of amides is 1. The molecule has 1 heterocycles. The summed E-state index contributed by atoms with van der Waals surface area (Å²) in [5.74, 6) is 1.97. The van der Waals surface area contributed by atoms with Gasteiger partial charge in [-0.3, -0.25) is 4.79 Å². The Hall–Kier alpha value is -1.34.